The van der Waals surface area contributed by atoms with Crippen molar-refractivity contribution in [3.05, 3.63) is 0 Å². The average Bonchev–Trinajstić information content (AvgIpc) is 2.61. The monoisotopic (exact) mass is 180 g/mol. The van der Waals surface area contributed by atoms with E-state index in [1.807, 2.05) is 0 Å². The molecule has 2 saturated carbocycles. The summed E-state index contributed by atoms with van der Waals surface area (Å²) in [6.07, 6.45) is 8.56. The molecule has 0 aromatic rings. The minimum atomic E-state index is 0.450. The molecular weight excluding hydrogens is 160 g/mol. The molecule has 2 atom stereocenters. The summed E-state index contributed by atoms with van der Waals surface area (Å²) < 4.78 is 0. The van der Waals surface area contributed by atoms with E-state index in [9.17, 15) is 4.79 Å². The van der Waals surface area contributed by atoms with E-state index < -0.39 is 0 Å². The molecule has 2 aliphatic carbocycles. The maximum atomic E-state index is 11.7. The van der Waals surface area contributed by atoms with Crippen molar-refractivity contribution in [1.29, 1.82) is 0 Å². The van der Waals surface area contributed by atoms with Crippen molar-refractivity contribution in [2.45, 2.75) is 51.9 Å². The zero-order valence-electron chi connectivity index (χ0n) is 8.59. The Hall–Kier alpha value is -0.330. The van der Waals surface area contributed by atoms with Gasteiger partial charge in [-0.3, -0.25) is 4.79 Å². The summed E-state index contributed by atoms with van der Waals surface area (Å²) in [5, 5.41) is 0. The largest absolute Gasteiger partial charge is 0.299 e. The fourth-order valence-corrected chi connectivity index (χ4v) is 3.07. The van der Waals surface area contributed by atoms with E-state index in [1.54, 1.807) is 0 Å². The van der Waals surface area contributed by atoms with Gasteiger partial charge in [0.25, 0.3) is 0 Å². The van der Waals surface area contributed by atoms with Crippen LogP contribution in [0.2, 0.25) is 0 Å². The first-order chi connectivity index (χ1) is 6.27. The van der Waals surface area contributed by atoms with E-state index >= 15 is 0 Å². The number of carbonyl (C=O) groups excluding carboxylic acids is 1. The molecule has 2 unspecified atom stereocenters. The molecule has 2 rings (SSSR count). The quantitative estimate of drug-likeness (QED) is 0.605. The smallest absolute Gasteiger partial charge is 0.136 e. The Morgan fingerprint density at radius 3 is 2.54 bits per heavy atom. The lowest BCUT2D eigenvalue weighted by Gasteiger charge is -2.29. The van der Waals surface area contributed by atoms with Crippen molar-refractivity contribution >= 4 is 5.78 Å². The van der Waals surface area contributed by atoms with Crippen LogP contribution in [0.25, 0.3) is 0 Å². The highest BCUT2D eigenvalue weighted by atomic mass is 16.1. The van der Waals surface area contributed by atoms with E-state index in [0.29, 0.717) is 11.7 Å². The van der Waals surface area contributed by atoms with Gasteiger partial charge in [0.05, 0.1) is 0 Å². The second-order valence-corrected chi connectivity index (χ2v) is 5.00. The van der Waals surface area contributed by atoms with Crippen LogP contribution in [0.1, 0.15) is 51.9 Å². The summed E-state index contributed by atoms with van der Waals surface area (Å²) in [5.41, 5.74) is 0. The molecule has 0 aromatic carbocycles. The first kappa shape index (κ1) is 9.23. The molecule has 1 nitrogen and oxygen atoms in total. The number of carbonyl (C=O) groups is 1. The molecule has 0 heterocycles. The number of Topliss-reactive ketones (excluding diaryl/α,β-unsaturated/α-hetero) is 1. The fraction of sp³-hybridized carbons (Fsp3) is 0.917. The van der Waals surface area contributed by atoms with Gasteiger partial charge in [-0.2, -0.15) is 0 Å². The van der Waals surface area contributed by atoms with E-state index in [-0.39, 0.29) is 0 Å². The molecule has 0 spiro atoms. The molecule has 0 aromatic heterocycles. The molecule has 2 fully saturated rings. The highest BCUT2D eigenvalue weighted by Gasteiger charge is 2.33. The molecule has 0 amide bonds. The molecule has 0 saturated heterocycles. The van der Waals surface area contributed by atoms with Gasteiger partial charge in [0.2, 0.25) is 0 Å². The van der Waals surface area contributed by atoms with Crippen molar-refractivity contribution in [2.24, 2.45) is 17.8 Å². The van der Waals surface area contributed by atoms with Gasteiger partial charge in [0.15, 0.2) is 0 Å². The van der Waals surface area contributed by atoms with Crippen LogP contribution in [0.15, 0.2) is 0 Å². The van der Waals surface area contributed by atoms with Crippen LogP contribution in [0, 0.1) is 17.8 Å². The number of ketones is 1. The van der Waals surface area contributed by atoms with E-state index in [1.165, 1.54) is 32.1 Å². The molecule has 0 radical (unpaired) electrons. The number of rotatable bonds is 1. The highest BCUT2D eigenvalue weighted by molar-refractivity contribution is 5.82. The third kappa shape index (κ3) is 1.95. The Balaban J connectivity index is 1.98. The molecule has 0 bridgehead atoms. The van der Waals surface area contributed by atoms with Gasteiger partial charge < -0.3 is 0 Å². The Morgan fingerprint density at radius 2 is 1.85 bits per heavy atom. The molecule has 1 heteroatoms. The summed E-state index contributed by atoms with van der Waals surface area (Å²) in [5.74, 6) is 2.58. The molecule has 74 valence electrons. The Bertz CT molecular complexity index is 191. The van der Waals surface area contributed by atoms with Crippen molar-refractivity contribution in [2.75, 3.05) is 0 Å². The Morgan fingerprint density at radius 1 is 1.15 bits per heavy atom. The van der Waals surface area contributed by atoms with E-state index in [2.05, 4.69) is 6.92 Å². The van der Waals surface area contributed by atoms with Crippen LogP contribution in [0.5, 0.6) is 0 Å². The minimum absolute atomic E-state index is 0.450. The lowest BCUT2D eigenvalue weighted by molar-refractivity contribution is -0.127. The van der Waals surface area contributed by atoms with Crippen molar-refractivity contribution in [3.63, 3.8) is 0 Å². The number of hydrogen-bond donors (Lipinski definition) is 0. The Labute approximate surface area is 80.9 Å². The molecule has 0 aliphatic heterocycles. The maximum absolute atomic E-state index is 11.7. The minimum Gasteiger partial charge on any atom is -0.299 e. The summed E-state index contributed by atoms with van der Waals surface area (Å²) >= 11 is 0. The number of hydrogen-bond acceptors (Lipinski definition) is 1. The fourth-order valence-electron chi connectivity index (χ4n) is 3.07. The van der Waals surface area contributed by atoms with Gasteiger partial charge in [-0.1, -0.05) is 19.8 Å². The molecular formula is C12H20O. The van der Waals surface area contributed by atoms with Crippen LogP contribution in [-0.2, 0) is 4.79 Å². The van der Waals surface area contributed by atoms with E-state index in [4.69, 9.17) is 0 Å². The molecule has 2 aliphatic rings. The van der Waals surface area contributed by atoms with Gasteiger partial charge in [-0.05, 0) is 37.5 Å². The van der Waals surface area contributed by atoms with Gasteiger partial charge in [0, 0.05) is 12.3 Å². The summed E-state index contributed by atoms with van der Waals surface area (Å²) in [4.78, 5) is 11.7. The third-order valence-corrected chi connectivity index (χ3v) is 3.92. The zero-order valence-corrected chi connectivity index (χ0v) is 8.59. The lowest BCUT2D eigenvalue weighted by Crippen LogP contribution is -2.28. The first-order valence-corrected chi connectivity index (χ1v) is 5.80. The average molecular weight is 180 g/mol. The predicted molar refractivity (Wildman–Crippen MR) is 53.5 cm³/mol. The van der Waals surface area contributed by atoms with Crippen LogP contribution in [0.3, 0.4) is 0 Å². The van der Waals surface area contributed by atoms with Gasteiger partial charge >= 0.3 is 0 Å². The normalized spacial score (nSPS) is 36.8. The maximum Gasteiger partial charge on any atom is 0.136 e. The van der Waals surface area contributed by atoms with Gasteiger partial charge in [-0.25, -0.2) is 0 Å². The summed E-state index contributed by atoms with van der Waals surface area (Å²) in [6.45, 7) is 2.30. The van der Waals surface area contributed by atoms with Gasteiger partial charge in [0.1, 0.15) is 5.78 Å². The molecule has 13 heavy (non-hydrogen) atoms. The lowest BCUT2D eigenvalue weighted by atomic mass is 9.74. The highest BCUT2D eigenvalue weighted by Crippen LogP contribution is 2.39. The predicted octanol–water partition coefficient (Wildman–Crippen LogP) is 3.18. The van der Waals surface area contributed by atoms with Crippen LogP contribution < -0.4 is 0 Å². The van der Waals surface area contributed by atoms with Crippen molar-refractivity contribution in [1.82, 2.24) is 0 Å². The molecule has 0 N–H and O–H groups in total. The SMILES string of the molecule is CC1CCC(=O)C(C2CCCC2)C1. The topological polar surface area (TPSA) is 17.1 Å². The van der Waals surface area contributed by atoms with Crippen LogP contribution >= 0.6 is 0 Å². The van der Waals surface area contributed by atoms with Crippen LogP contribution in [-0.4, -0.2) is 5.78 Å². The Kier molecular flexibility index (Phi) is 2.71. The van der Waals surface area contributed by atoms with Gasteiger partial charge in [-0.15, -0.1) is 0 Å². The van der Waals surface area contributed by atoms with Crippen molar-refractivity contribution in [3.8, 4) is 0 Å². The van der Waals surface area contributed by atoms with E-state index in [0.717, 1.165) is 24.7 Å². The standard InChI is InChI=1S/C12H20O/c1-9-6-7-12(13)11(8-9)10-4-2-3-5-10/h9-11H,2-8H2,1H3. The second kappa shape index (κ2) is 3.81. The third-order valence-electron chi connectivity index (χ3n) is 3.92. The summed E-state index contributed by atoms with van der Waals surface area (Å²) in [6, 6.07) is 0. The first-order valence-electron chi connectivity index (χ1n) is 5.80. The van der Waals surface area contributed by atoms with Crippen LogP contribution in [0.4, 0.5) is 0 Å². The summed E-state index contributed by atoms with van der Waals surface area (Å²) in [7, 11) is 0. The van der Waals surface area contributed by atoms with Crippen molar-refractivity contribution < 1.29 is 4.79 Å². The second-order valence-electron chi connectivity index (χ2n) is 5.00. The zero-order chi connectivity index (χ0) is 9.26.